The normalized spacial score (nSPS) is 16.6. The van der Waals surface area contributed by atoms with Crippen LogP contribution in [-0.4, -0.2) is 39.1 Å². The van der Waals surface area contributed by atoms with Crippen molar-refractivity contribution in [2.45, 2.75) is 32.7 Å². The van der Waals surface area contributed by atoms with Gasteiger partial charge in [0.2, 0.25) is 0 Å². The minimum absolute atomic E-state index is 0.0529. The van der Waals surface area contributed by atoms with Crippen LogP contribution in [0.3, 0.4) is 0 Å². The molecule has 1 amide bonds. The summed E-state index contributed by atoms with van der Waals surface area (Å²) in [6.45, 7) is 2.92. The molecule has 0 unspecified atom stereocenters. The number of phenolic OH excluding ortho intramolecular Hbond substituents is 1. The fourth-order valence-corrected chi connectivity index (χ4v) is 3.07. The Bertz CT molecular complexity index is 881. The van der Waals surface area contributed by atoms with Crippen LogP contribution >= 0.6 is 0 Å². The third-order valence-corrected chi connectivity index (χ3v) is 4.51. The van der Waals surface area contributed by atoms with Crippen LogP contribution in [0.5, 0.6) is 5.75 Å². The number of rotatable bonds is 6. The van der Waals surface area contributed by atoms with E-state index in [0.717, 1.165) is 35.2 Å². The van der Waals surface area contributed by atoms with Gasteiger partial charge in [-0.3, -0.25) is 9.48 Å². The summed E-state index contributed by atoms with van der Waals surface area (Å²) in [4.78, 5) is 12.6. The molecule has 6 nitrogen and oxygen atoms in total. The van der Waals surface area contributed by atoms with E-state index < -0.39 is 0 Å². The number of aliphatic hydroxyl groups excluding tert-OH is 1. The van der Waals surface area contributed by atoms with Crippen molar-refractivity contribution in [3.8, 4) is 5.75 Å². The van der Waals surface area contributed by atoms with Crippen LogP contribution in [0.4, 0.5) is 0 Å². The summed E-state index contributed by atoms with van der Waals surface area (Å²) < 4.78 is 1.82. The van der Waals surface area contributed by atoms with Gasteiger partial charge in [-0.05, 0) is 49.5 Å². The van der Waals surface area contributed by atoms with Crippen molar-refractivity contribution < 1.29 is 15.0 Å². The summed E-state index contributed by atoms with van der Waals surface area (Å²) in [6, 6.07) is 5.49. The van der Waals surface area contributed by atoms with E-state index in [0.29, 0.717) is 25.1 Å². The highest BCUT2D eigenvalue weighted by Gasteiger charge is 2.18. The fourth-order valence-electron chi connectivity index (χ4n) is 3.07. The molecule has 0 aliphatic heterocycles. The van der Waals surface area contributed by atoms with Crippen molar-refractivity contribution in [3.63, 3.8) is 0 Å². The summed E-state index contributed by atoms with van der Waals surface area (Å²) in [5.41, 5.74) is 4.06. The largest absolute Gasteiger partial charge is 0.508 e. The summed E-state index contributed by atoms with van der Waals surface area (Å²) in [7, 11) is 0. The molecule has 3 rings (SSSR count). The maximum Gasteiger partial charge on any atom is 0.251 e. The molecular formula is C21H25N3O3. The molecule has 1 aliphatic carbocycles. The maximum absolute atomic E-state index is 12.6. The maximum atomic E-state index is 12.6. The number of nitrogens with zero attached hydrogens (tertiary/aromatic N) is 2. The summed E-state index contributed by atoms with van der Waals surface area (Å²) >= 11 is 0. The van der Waals surface area contributed by atoms with Gasteiger partial charge >= 0.3 is 0 Å². The molecule has 1 heterocycles. The van der Waals surface area contributed by atoms with Crippen molar-refractivity contribution in [2.75, 3.05) is 13.2 Å². The molecular weight excluding hydrogens is 342 g/mol. The lowest BCUT2D eigenvalue weighted by Gasteiger charge is -2.09. The minimum Gasteiger partial charge on any atom is -0.508 e. The van der Waals surface area contributed by atoms with Gasteiger partial charge in [-0.25, -0.2) is 0 Å². The van der Waals surface area contributed by atoms with Crippen LogP contribution in [-0.2, 0) is 11.3 Å². The number of allylic oxidation sites excluding steroid dienone is 2. The number of carbonyl (C=O) groups is 1. The van der Waals surface area contributed by atoms with Crippen LogP contribution in [0.2, 0.25) is 0 Å². The number of aromatic hydroxyl groups is 1. The van der Waals surface area contributed by atoms with Gasteiger partial charge in [0, 0.05) is 30.5 Å². The second kappa shape index (κ2) is 8.68. The van der Waals surface area contributed by atoms with Gasteiger partial charge in [0.15, 0.2) is 0 Å². The molecule has 0 fully saturated rings. The van der Waals surface area contributed by atoms with Crippen LogP contribution < -0.4 is 5.32 Å². The van der Waals surface area contributed by atoms with Crippen molar-refractivity contribution in [1.29, 1.82) is 0 Å². The smallest absolute Gasteiger partial charge is 0.251 e. The van der Waals surface area contributed by atoms with Crippen LogP contribution in [0.25, 0.3) is 11.6 Å². The third-order valence-electron chi connectivity index (χ3n) is 4.51. The molecule has 1 aromatic heterocycles. The van der Waals surface area contributed by atoms with Gasteiger partial charge in [0.25, 0.3) is 5.91 Å². The number of hydrogen-bond acceptors (Lipinski definition) is 4. The van der Waals surface area contributed by atoms with E-state index in [4.69, 9.17) is 5.11 Å². The zero-order valence-electron chi connectivity index (χ0n) is 15.5. The van der Waals surface area contributed by atoms with Crippen molar-refractivity contribution >= 4 is 17.6 Å². The first-order chi connectivity index (χ1) is 13.1. The number of nitrogens with one attached hydrogen (secondary N) is 1. The first kappa shape index (κ1) is 18.9. The number of amides is 1. The molecule has 0 atom stereocenters. The molecule has 1 aliphatic rings. The Hall–Kier alpha value is -2.86. The highest BCUT2D eigenvalue weighted by molar-refractivity contribution is 6.20. The molecule has 27 heavy (non-hydrogen) atoms. The molecule has 3 N–H and O–H groups in total. The first-order valence-corrected chi connectivity index (χ1v) is 9.20. The lowest BCUT2D eigenvalue weighted by molar-refractivity contribution is -0.115. The van der Waals surface area contributed by atoms with E-state index in [9.17, 15) is 9.90 Å². The van der Waals surface area contributed by atoms with Crippen molar-refractivity contribution in [3.05, 3.63) is 58.9 Å². The minimum atomic E-state index is -0.139. The number of aliphatic hydroxyl groups is 1. The van der Waals surface area contributed by atoms with Gasteiger partial charge in [-0.2, -0.15) is 5.10 Å². The zero-order valence-corrected chi connectivity index (χ0v) is 15.5. The predicted molar refractivity (Wildman–Crippen MR) is 105 cm³/mol. The molecule has 0 saturated heterocycles. The highest BCUT2D eigenvalue weighted by atomic mass is 16.3. The Morgan fingerprint density at radius 3 is 2.96 bits per heavy atom. The molecule has 0 spiro atoms. The summed E-state index contributed by atoms with van der Waals surface area (Å²) in [6.07, 6.45) is 10.1. The number of carbonyl (C=O) groups excluding carboxylic acids is 1. The number of hydrogen-bond donors (Lipinski definition) is 3. The monoisotopic (exact) mass is 367 g/mol. The van der Waals surface area contributed by atoms with Gasteiger partial charge in [-0.1, -0.05) is 24.3 Å². The standard InChI is InChI=1S/C21H25N3O3/c1-15-12-16(8-9-20(15)26)13-24-14-18-17(21(27)22-10-5-11-25)6-3-2-4-7-19(18)23-24/h4,6-9,12,14,25-26H,2-3,5,10-11,13H2,1H3,(H,22,27)/b7-4-,17-6+. The second-order valence-corrected chi connectivity index (χ2v) is 6.68. The number of aromatic nitrogens is 2. The average Bonchev–Trinajstić information content (AvgIpc) is 3.00. The third kappa shape index (κ3) is 4.65. The van der Waals surface area contributed by atoms with E-state index in [2.05, 4.69) is 16.5 Å². The number of benzene rings is 1. The predicted octanol–water partition coefficient (Wildman–Crippen LogP) is 2.63. The SMILES string of the molecule is Cc1cc(Cn2cc3c(n2)/C=C\CC/C=C\3C(=O)NCCCO)ccc1O. The van der Waals surface area contributed by atoms with Crippen LogP contribution in [0, 0.1) is 6.92 Å². The number of fused-ring (bicyclic) bond motifs is 1. The lowest BCUT2D eigenvalue weighted by Crippen LogP contribution is -2.26. The Morgan fingerprint density at radius 1 is 1.33 bits per heavy atom. The number of aryl methyl sites for hydroxylation is 1. The first-order valence-electron chi connectivity index (χ1n) is 9.20. The Balaban J connectivity index is 1.86. The fraction of sp³-hybridized carbons (Fsp3) is 0.333. The molecule has 2 aromatic rings. The zero-order chi connectivity index (χ0) is 19.2. The molecule has 0 radical (unpaired) electrons. The summed E-state index contributed by atoms with van der Waals surface area (Å²) in [5, 5.41) is 26.1. The topological polar surface area (TPSA) is 87.4 Å². The summed E-state index contributed by atoms with van der Waals surface area (Å²) in [5.74, 6) is 0.138. The Morgan fingerprint density at radius 2 is 2.19 bits per heavy atom. The van der Waals surface area contributed by atoms with Gasteiger partial charge in [0.1, 0.15) is 5.75 Å². The lowest BCUT2D eigenvalue weighted by atomic mass is 10.0. The van der Waals surface area contributed by atoms with Crippen molar-refractivity contribution in [1.82, 2.24) is 15.1 Å². The quantitative estimate of drug-likeness (QED) is 0.685. The average molecular weight is 367 g/mol. The molecule has 142 valence electrons. The van der Waals surface area contributed by atoms with E-state index in [1.54, 1.807) is 6.07 Å². The van der Waals surface area contributed by atoms with Crippen LogP contribution in [0.15, 0.2) is 36.5 Å². The van der Waals surface area contributed by atoms with Gasteiger partial charge in [-0.15, -0.1) is 0 Å². The van der Waals surface area contributed by atoms with E-state index in [1.807, 2.05) is 42.1 Å². The second-order valence-electron chi connectivity index (χ2n) is 6.68. The van der Waals surface area contributed by atoms with Gasteiger partial charge < -0.3 is 15.5 Å². The Kier molecular flexibility index (Phi) is 6.08. The highest BCUT2D eigenvalue weighted by Crippen LogP contribution is 2.25. The van der Waals surface area contributed by atoms with Gasteiger partial charge in [0.05, 0.1) is 12.2 Å². The number of phenols is 1. The van der Waals surface area contributed by atoms with E-state index in [1.165, 1.54) is 0 Å². The van der Waals surface area contributed by atoms with Crippen molar-refractivity contribution in [2.24, 2.45) is 0 Å². The van der Waals surface area contributed by atoms with E-state index >= 15 is 0 Å². The van der Waals surface area contributed by atoms with E-state index in [-0.39, 0.29) is 18.3 Å². The molecule has 0 saturated carbocycles. The van der Waals surface area contributed by atoms with Crippen LogP contribution in [0.1, 0.15) is 41.6 Å². The molecule has 6 heteroatoms. The Labute approximate surface area is 158 Å². The molecule has 0 bridgehead atoms. The molecule has 1 aromatic carbocycles.